The van der Waals surface area contributed by atoms with Gasteiger partial charge in [-0.25, -0.2) is 0 Å². The lowest BCUT2D eigenvalue weighted by molar-refractivity contribution is 0.00578. The summed E-state index contributed by atoms with van der Waals surface area (Å²) in [7, 11) is -0.425. The van der Waals surface area contributed by atoms with Crippen molar-refractivity contribution in [2.24, 2.45) is 0 Å². The summed E-state index contributed by atoms with van der Waals surface area (Å²) in [5.41, 5.74) is 23.4. The molecule has 0 unspecified atom stereocenters. The minimum absolute atomic E-state index is 0.324. The second-order valence-corrected chi connectivity index (χ2v) is 22.6. The Morgan fingerprint density at radius 3 is 1.01 bits per heavy atom. The van der Waals surface area contributed by atoms with Crippen molar-refractivity contribution in [2.75, 3.05) is 0 Å². The molecule has 1 saturated heterocycles. The van der Waals surface area contributed by atoms with E-state index in [1.165, 1.54) is 100 Å². The van der Waals surface area contributed by atoms with Crippen LogP contribution in [-0.2, 0) is 20.1 Å². The highest BCUT2D eigenvalue weighted by atomic mass is 79.9. The fourth-order valence-electron chi connectivity index (χ4n) is 12.8. The van der Waals surface area contributed by atoms with Crippen LogP contribution in [-0.4, -0.2) is 18.3 Å². The molecular formula is C68H50BBrCl2O2. The molecule has 4 aliphatic carbocycles. The number of rotatable bonds is 2. The molecule has 2 nitrogen and oxygen atoms in total. The van der Waals surface area contributed by atoms with Crippen LogP contribution in [0.25, 0.3) is 55.6 Å². The summed E-state index contributed by atoms with van der Waals surface area (Å²) in [5.74, 6) is 0. The number of hydrogen-bond donors (Lipinski definition) is 0. The van der Waals surface area contributed by atoms with Crippen molar-refractivity contribution in [1.82, 2.24) is 0 Å². The highest BCUT2D eigenvalue weighted by molar-refractivity contribution is 9.10. The van der Waals surface area contributed by atoms with E-state index in [0.717, 1.165) is 20.0 Å². The molecule has 15 rings (SSSR count). The Hall–Kier alpha value is -6.76. The topological polar surface area (TPSA) is 18.5 Å². The van der Waals surface area contributed by atoms with Gasteiger partial charge in [0.2, 0.25) is 0 Å². The van der Waals surface area contributed by atoms with E-state index in [4.69, 9.17) is 32.5 Å². The first-order valence-electron chi connectivity index (χ1n) is 25.3. The summed E-state index contributed by atoms with van der Waals surface area (Å²) in [5, 5.41) is 1.53. The van der Waals surface area contributed by atoms with Gasteiger partial charge in [0, 0.05) is 14.5 Å². The minimum Gasteiger partial charge on any atom is -0.399 e. The van der Waals surface area contributed by atoms with Crippen molar-refractivity contribution >= 4 is 51.7 Å². The van der Waals surface area contributed by atoms with Crippen molar-refractivity contribution in [1.29, 1.82) is 0 Å². The quantitative estimate of drug-likeness (QED) is 0.161. The van der Waals surface area contributed by atoms with Gasteiger partial charge in [0.1, 0.15) is 0 Å². The van der Waals surface area contributed by atoms with E-state index >= 15 is 0 Å². The lowest BCUT2D eigenvalue weighted by Gasteiger charge is -2.32. The number of fused-ring (bicyclic) bond motifs is 20. The Balaban J connectivity index is 0.000000124. The van der Waals surface area contributed by atoms with E-state index < -0.39 is 18.3 Å². The zero-order valence-electron chi connectivity index (χ0n) is 41.5. The van der Waals surface area contributed by atoms with Gasteiger partial charge in [-0.2, -0.15) is 0 Å². The van der Waals surface area contributed by atoms with E-state index in [2.05, 4.69) is 238 Å². The van der Waals surface area contributed by atoms with E-state index in [9.17, 15) is 0 Å². The predicted octanol–water partition coefficient (Wildman–Crippen LogP) is 17.8. The van der Waals surface area contributed by atoms with Crippen molar-refractivity contribution in [3.8, 4) is 55.6 Å². The van der Waals surface area contributed by atoms with E-state index in [-0.39, 0.29) is 10.8 Å². The fraction of sp³-hybridized carbons (Fsp3) is 0.118. The summed E-state index contributed by atoms with van der Waals surface area (Å²) in [6, 6.07) is 82.6. The Bertz CT molecular complexity index is 3700. The Labute approximate surface area is 452 Å². The molecular weight excluding hydrogens is 1010 g/mol. The summed E-state index contributed by atoms with van der Waals surface area (Å²) in [6.45, 7) is 8.50. The highest BCUT2D eigenvalue weighted by Crippen LogP contribution is 2.65. The van der Waals surface area contributed by atoms with Gasteiger partial charge in [0.05, 0.1) is 22.0 Å². The molecule has 2 spiro atoms. The SMILES string of the molecule is CC1(C)OB(c2cccc3c2C2(c4ccccc4-c4ccccc42)c2ccccc2-3)OC1(C)C.Clc1ccc(-c2cccc3c2C2(c4ccccc4-c4ccccc42)c2ccccc2-3)cc1.Clc1ccc(Br)cc1. The first-order valence-corrected chi connectivity index (χ1v) is 26.9. The Morgan fingerprint density at radius 1 is 0.324 bits per heavy atom. The van der Waals surface area contributed by atoms with E-state index in [0.29, 0.717) is 0 Å². The van der Waals surface area contributed by atoms with Gasteiger partial charge in [0.15, 0.2) is 0 Å². The lowest BCUT2D eigenvalue weighted by Crippen LogP contribution is -2.42. The molecule has 0 atom stereocenters. The van der Waals surface area contributed by atoms with E-state index in [1.807, 2.05) is 36.4 Å². The molecule has 74 heavy (non-hydrogen) atoms. The van der Waals surface area contributed by atoms with Gasteiger partial charge in [-0.05, 0) is 170 Å². The molecule has 5 aliphatic rings. The van der Waals surface area contributed by atoms with Gasteiger partial charge in [-0.1, -0.05) is 233 Å². The monoisotopic (exact) mass is 1060 g/mol. The summed E-state index contributed by atoms with van der Waals surface area (Å²) in [6.07, 6.45) is 0. The third-order valence-electron chi connectivity index (χ3n) is 16.5. The van der Waals surface area contributed by atoms with Crippen molar-refractivity contribution in [3.05, 3.63) is 290 Å². The number of hydrogen-bond acceptors (Lipinski definition) is 2. The van der Waals surface area contributed by atoms with Gasteiger partial charge in [-0.3, -0.25) is 0 Å². The molecule has 0 amide bonds. The normalized spacial score (nSPS) is 16.1. The van der Waals surface area contributed by atoms with E-state index in [1.54, 1.807) is 0 Å². The largest absolute Gasteiger partial charge is 0.495 e. The molecule has 10 aromatic carbocycles. The summed E-state index contributed by atoms with van der Waals surface area (Å²) >= 11 is 15.1. The van der Waals surface area contributed by atoms with Crippen LogP contribution < -0.4 is 5.46 Å². The molecule has 0 aromatic heterocycles. The zero-order valence-corrected chi connectivity index (χ0v) is 44.6. The lowest BCUT2D eigenvalue weighted by atomic mass is 9.63. The fourth-order valence-corrected chi connectivity index (χ4v) is 13.3. The Morgan fingerprint density at radius 2 is 0.622 bits per heavy atom. The maximum Gasteiger partial charge on any atom is 0.495 e. The van der Waals surface area contributed by atoms with Gasteiger partial charge >= 0.3 is 7.12 Å². The van der Waals surface area contributed by atoms with Crippen molar-refractivity contribution in [3.63, 3.8) is 0 Å². The maximum absolute atomic E-state index is 6.63. The average molecular weight is 1060 g/mol. The van der Waals surface area contributed by atoms with Gasteiger partial charge < -0.3 is 9.31 Å². The third kappa shape index (κ3) is 6.85. The molecule has 10 aromatic rings. The second kappa shape index (κ2) is 17.7. The molecule has 6 heteroatoms. The van der Waals surface area contributed by atoms with Crippen molar-refractivity contribution in [2.45, 2.75) is 49.7 Å². The maximum atomic E-state index is 6.63. The van der Waals surface area contributed by atoms with Crippen LogP contribution in [0, 0.1) is 0 Å². The summed E-state index contributed by atoms with van der Waals surface area (Å²) in [4.78, 5) is 0. The number of halogens is 3. The van der Waals surface area contributed by atoms with Crippen LogP contribution in [0.4, 0.5) is 0 Å². The zero-order chi connectivity index (χ0) is 50.6. The standard InChI is InChI=1S/C31H27BO2.C31H19Cl.C6H4BrCl/c1-29(2)30(3,4)34-32(33-29)27-19-11-15-23-22-14-7-10-18-26(22)31(28(23)27)24-16-8-5-12-20(24)21-13-6-9-17-25(21)31;32-21-18-16-20(17-19-21)22-11-7-12-26-25-10-3-6-15-29(25)31(30(22)26)27-13-4-1-8-23(27)24-9-2-5-14-28(24)31;7-5-1-3-6(8)4-2-5/h5-19H,1-4H3;1-19H;1-4H. The van der Waals surface area contributed by atoms with Crippen LogP contribution in [0.1, 0.15) is 72.2 Å². The van der Waals surface area contributed by atoms with Crippen molar-refractivity contribution < 1.29 is 9.31 Å². The highest BCUT2D eigenvalue weighted by Gasteiger charge is 2.58. The molecule has 358 valence electrons. The van der Waals surface area contributed by atoms with Crippen LogP contribution >= 0.6 is 39.1 Å². The second-order valence-electron chi connectivity index (χ2n) is 20.8. The molecule has 0 radical (unpaired) electrons. The molecule has 1 aliphatic heterocycles. The molecule has 0 saturated carbocycles. The number of benzene rings is 10. The van der Waals surface area contributed by atoms with Crippen LogP contribution in [0.3, 0.4) is 0 Å². The average Bonchev–Trinajstić information content (AvgIpc) is 4.21. The molecule has 1 heterocycles. The minimum atomic E-state index is -0.425. The van der Waals surface area contributed by atoms with Gasteiger partial charge in [0.25, 0.3) is 0 Å². The van der Waals surface area contributed by atoms with Gasteiger partial charge in [-0.15, -0.1) is 0 Å². The predicted molar refractivity (Wildman–Crippen MR) is 311 cm³/mol. The molecule has 0 bridgehead atoms. The van der Waals surface area contributed by atoms with Crippen LogP contribution in [0.15, 0.2) is 235 Å². The third-order valence-corrected chi connectivity index (χ3v) is 17.6. The first kappa shape index (κ1) is 47.0. The Kier molecular flexibility index (Phi) is 11.2. The smallest absolute Gasteiger partial charge is 0.399 e. The first-order chi connectivity index (χ1) is 35.9. The molecule has 1 fully saturated rings. The van der Waals surface area contributed by atoms with Crippen LogP contribution in [0.2, 0.25) is 10.0 Å². The van der Waals surface area contributed by atoms with Crippen LogP contribution in [0.5, 0.6) is 0 Å². The molecule has 0 N–H and O–H groups in total. The summed E-state index contributed by atoms with van der Waals surface area (Å²) < 4.78 is 14.3.